The quantitative estimate of drug-likeness (QED) is 0.426. The van der Waals surface area contributed by atoms with E-state index in [0.717, 1.165) is 9.13 Å². The number of rotatable bonds is 6. The average molecular weight is 541 g/mol. The number of allylic oxidation sites excluding steroid dienone is 2. The number of esters is 1. The Bertz CT molecular complexity index is 1200. The van der Waals surface area contributed by atoms with Crippen LogP contribution < -0.4 is 10.5 Å². The molecule has 0 aliphatic carbocycles. The third kappa shape index (κ3) is 4.71. The molecule has 1 aliphatic heterocycles. The van der Waals surface area contributed by atoms with Crippen LogP contribution in [0.4, 0.5) is 0 Å². The molecule has 1 heterocycles. The monoisotopic (exact) mass is 541 g/mol. The number of carbonyl (C=O) groups excluding carboxylic acids is 1. The van der Waals surface area contributed by atoms with Crippen LogP contribution >= 0.6 is 22.6 Å². The summed E-state index contributed by atoms with van der Waals surface area (Å²) in [5.74, 6) is -0.392. The fraction of sp³-hybridized carbons (Fsp3) is 0.208. The Morgan fingerprint density at radius 2 is 1.97 bits per heavy atom. The number of halogens is 1. The molecule has 2 aromatic rings. The second kappa shape index (κ2) is 10.2. The first-order valence-corrected chi connectivity index (χ1v) is 10.8. The fourth-order valence-electron chi connectivity index (χ4n) is 3.41. The third-order valence-corrected chi connectivity index (χ3v) is 5.75. The maximum absolute atomic E-state index is 12.6. The number of nitriles is 2. The van der Waals surface area contributed by atoms with Crippen LogP contribution in [-0.4, -0.2) is 12.6 Å². The Labute approximate surface area is 199 Å². The minimum absolute atomic E-state index is 0.0357. The van der Waals surface area contributed by atoms with Crippen LogP contribution in [0.5, 0.6) is 5.75 Å². The van der Waals surface area contributed by atoms with Gasteiger partial charge in [-0.2, -0.15) is 10.5 Å². The lowest BCUT2D eigenvalue weighted by Crippen LogP contribution is -2.25. The first-order chi connectivity index (χ1) is 15.4. The zero-order chi connectivity index (χ0) is 23.3. The summed E-state index contributed by atoms with van der Waals surface area (Å²) in [6.07, 6.45) is 0. The van der Waals surface area contributed by atoms with Gasteiger partial charge in [0.2, 0.25) is 5.88 Å². The minimum Gasteiger partial charge on any atom is -0.488 e. The second-order valence-corrected chi connectivity index (χ2v) is 8.02. The molecule has 0 radical (unpaired) electrons. The first kappa shape index (κ1) is 23.2. The highest BCUT2D eigenvalue weighted by atomic mass is 127. The third-order valence-electron chi connectivity index (χ3n) is 4.91. The van der Waals surface area contributed by atoms with Gasteiger partial charge in [0.1, 0.15) is 29.8 Å². The Balaban J connectivity index is 1.94. The number of carbonyl (C=O) groups is 1. The summed E-state index contributed by atoms with van der Waals surface area (Å²) in [5, 5.41) is 18.9. The van der Waals surface area contributed by atoms with Crippen molar-refractivity contribution in [1.29, 1.82) is 10.5 Å². The van der Waals surface area contributed by atoms with E-state index in [1.54, 1.807) is 38.1 Å². The van der Waals surface area contributed by atoms with Crippen LogP contribution in [0, 0.1) is 26.2 Å². The zero-order valence-electron chi connectivity index (χ0n) is 17.5. The van der Waals surface area contributed by atoms with Gasteiger partial charge in [-0.1, -0.05) is 24.3 Å². The minimum atomic E-state index is -0.713. The highest BCUT2D eigenvalue weighted by Crippen LogP contribution is 2.41. The lowest BCUT2D eigenvalue weighted by molar-refractivity contribution is -0.139. The number of benzene rings is 2. The molecule has 162 valence electrons. The van der Waals surface area contributed by atoms with Gasteiger partial charge in [0, 0.05) is 5.56 Å². The normalized spacial score (nSPS) is 15.5. The molecular weight excluding hydrogens is 521 g/mol. The largest absolute Gasteiger partial charge is 0.488 e. The Morgan fingerprint density at radius 3 is 2.62 bits per heavy atom. The van der Waals surface area contributed by atoms with Gasteiger partial charge < -0.3 is 19.9 Å². The molecule has 1 unspecified atom stereocenters. The van der Waals surface area contributed by atoms with Crippen molar-refractivity contribution in [3.8, 4) is 17.9 Å². The summed E-state index contributed by atoms with van der Waals surface area (Å²) < 4.78 is 17.3. The topological polar surface area (TPSA) is 118 Å². The molecule has 1 aliphatic rings. The molecule has 2 N–H and O–H groups in total. The zero-order valence-corrected chi connectivity index (χ0v) is 19.7. The molecule has 8 heteroatoms. The summed E-state index contributed by atoms with van der Waals surface area (Å²) in [4.78, 5) is 12.6. The summed E-state index contributed by atoms with van der Waals surface area (Å²) in [7, 11) is 0. The summed E-state index contributed by atoms with van der Waals surface area (Å²) in [6.45, 7) is 3.76. The van der Waals surface area contributed by atoms with E-state index in [1.165, 1.54) is 0 Å². The van der Waals surface area contributed by atoms with E-state index in [-0.39, 0.29) is 30.2 Å². The Kier molecular flexibility index (Phi) is 7.39. The van der Waals surface area contributed by atoms with Crippen LogP contribution in [0.2, 0.25) is 0 Å². The van der Waals surface area contributed by atoms with E-state index < -0.39 is 11.9 Å². The number of hydrogen-bond acceptors (Lipinski definition) is 7. The highest BCUT2D eigenvalue weighted by Gasteiger charge is 2.36. The maximum Gasteiger partial charge on any atom is 0.338 e. The molecule has 0 saturated carbocycles. The molecule has 0 saturated heterocycles. The van der Waals surface area contributed by atoms with E-state index in [2.05, 4.69) is 34.7 Å². The van der Waals surface area contributed by atoms with Crippen molar-refractivity contribution in [2.24, 2.45) is 5.73 Å². The van der Waals surface area contributed by atoms with Crippen molar-refractivity contribution >= 4 is 28.6 Å². The standard InChI is InChI=1S/C24H20IN3O4/c1-3-30-24(29)21-14(2)32-23(28)18(12-27)22(21)15-8-9-20(19(25)10-15)31-13-17-7-5-4-6-16(17)11-26/h4-10,22H,3,13,28H2,1-2H3. The van der Waals surface area contributed by atoms with Gasteiger partial charge in [0.25, 0.3) is 0 Å². The van der Waals surface area contributed by atoms with E-state index in [9.17, 15) is 15.3 Å². The van der Waals surface area contributed by atoms with Crippen LogP contribution in [-0.2, 0) is 20.9 Å². The predicted molar refractivity (Wildman–Crippen MR) is 125 cm³/mol. The maximum atomic E-state index is 12.6. The van der Waals surface area contributed by atoms with Crippen LogP contribution in [0.3, 0.4) is 0 Å². The summed E-state index contributed by atoms with van der Waals surface area (Å²) in [5.41, 5.74) is 8.36. The van der Waals surface area contributed by atoms with Crippen molar-refractivity contribution < 1.29 is 19.0 Å². The number of ether oxygens (including phenoxy) is 3. The molecule has 0 spiro atoms. The summed E-state index contributed by atoms with van der Waals surface area (Å²) in [6, 6.07) is 16.8. The molecule has 7 nitrogen and oxygen atoms in total. The number of hydrogen-bond donors (Lipinski definition) is 1. The smallest absolute Gasteiger partial charge is 0.338 e. The number of nitrogens with zero attached hydrogens (tertiary/aromatic N) is 2. The van der Waals surface area contributed by atoms with E-state index >= 15 is 0 Å². The summed E-state index contributed by atoms with van der Waals surface area (Å²) >= 11 is 2.13. The van der Waals surface area contributed by atoms with Crippen molar-refractivity contribution in [3.63, 3.8) is 0 Å². The van der Waals surface area contributed by atoms with Crippen molar-refractivity contribution in [3.05, 3.63) is 85.5 Å². The van der Waals surface area contributed by atoms with Crippen LogP contribution in [0.25, 0.3) is 0 Å². The van der Waals surface area contributed by atoms with Crippen LogP contribution in [0.15, 0.2) is 65.3 Å². The molecule has 32 heavy (non-hydrogen) atoms. The molecule has 0 aromatic heterocycles. The molecule has 1 atom stereocenters. The van der Waals surface area contributed by atoms with Gasteiger partial charge in [-0.3, -0.25) is 0 Å². The van der Waals surface area contributed by atoms with Gasteiger partial charge in [0.15, 0.2) is 0 Å². The van der Waals surface area contributed by atoms with Crippen LogP contribution in [0.1, 0.15) is 36.5 Å². The first-order valence-electron chi connectivity index (χ1n) is 9.76. The molecule has 2 aromatic carbocycles. The second-order valence-electron chi connectivity index (χ2n) is 6.86. The van der Waals surface area contributed by atoms with E-state index in [0.29, 0.717) is 22.6 Å². The lowest BCUT2D eigenvalue weighted by atomic mass is 9.83. The molecule has 3 rings (SSSR count). The predicted octanol–water partition coefficient (Wildman–Crippen LogP) is 4.39. The van der Waals surface area contributed by atoms with Crippen molar-refractivity contribution in [1.82, 2.24) is 0 Å². The van der Waals surface area contributed by atoms with E-state index in [1.807, 2.05) is 18.2 Å². The van der Waals surface area contributed by atoms with Crippen molar-refractivity contribution in [2.75, 3.05) is 6.61 Å². The molecule has 0 amide bonds. The fourth-order valence-corrected chi connectivity index (χ4v) is 4.11. The highest BCUT2D eigenvalue weighted by molar-refractivity contribution is 14.1. The van der Waals surface area contributed by atoms with Gasteiger partial charge in [-0.05, 0) is 60.2 Å². The number of nitrogens with two attached hydrogens (primary N) is 1. The van der Waals surface area contributed by atoms with E-state index in [4.69, 9.17) is 19.9 Å². The van der Waals surface area contributed by atoms with Gasteiger partial charge in [-0.25, -0.2) is 4.79 Å². The lowest BCUT2D eigenvalue weighted by Gasteiger charge is -2.27. The van der Waals surface area contributed by atoms with Gasteiger partial charge in [0.05, 0.1) is 33.3 Å². The average Bonchev–Trinajstić information content (AvgIpc) is 2.78. The SMILES string of the molecule is CCOC(=O)C1=C(C)OC(N)=C(C#N)C1c1ccc(OCc2ccccc2C#N)c(I)c1. The molecular formula is C24H20IN3O4. The van der Waals surface area contributed by atoms with Crippen molar-refractivity contribution in [2.45, 2.75) is 26.4 Å². The molecule has 0 fully saturated rings. The van der Waals surface area contributed by atoms with Gasteiger partial charge >= 0.3 is 5.97 Å². The Morgan fingerprint density at radius 1 is 1.22 bits per heavy atom. The van der Waals surface area contributed by atoms with Gasteiger partial charge in [-0.15, -0.1) is 0 Å². The molecule has 0 bridgehead atoms. The Hall–Kier alpha value is -3.50.